The molecule has 6 heteroatoms. The molecule has 4 nitrogen and oxygen atoms in total. The van der Waals surface area contributed by atoms with E-state index < -0.39 is 11.1 Å². The van der Waals surface area contributed by atoms with Gasteiger partial charge in [-0.3, -0.25) is 4.21 Å². The number of rotatable bonds is 1. The van der Waals surface area contributed by atoms with E-state index in [-0.39, 0.29) is 9.34 Å². The predicted molar refractivity (Wildman–Crippen MR) is 33.7 cm³/mol. The topological polar surface area (TPSA) is 79.0 Å². The minimum atomic E-state index is -2.18. The number of nitrogen functional groups attached to an aromatic ring is 1. The summed E-state index contributed by atoms with van der Waals surface area (Å²) in [5.74, 6) is 0. The van der Waals surface area contributed by atoms with Crippen LogP contribution in [0.5, 0.6) is 0 Å². The minimum Gasteiger partial charge on any atom is -0.768 e. The number of nitrogens with two attached hydrogens (primary N) is 1. The SMILES string of the molecule is Nc1ncc(S(=O)[O-])s1. The predicted octanol–water partition coefficient (Wildman–Crippen LogP) is -0.0367. The molecule has 0 saturated carbocycles. The summed E-state index contributed by atoms with van der Waals surface area (Å²) in [5, 5.41) is 0.272. The Labute approximate surface area is 58.0 Å². The van der Waals surface area contributed by atoms with Crippen molar-refractivity contribution >= 4 is 27.5 Å². The van der Waals surface area contributed by atoms with E-state index in [9.17, 15) is 8.76 Å². The third kappa shape index (κ3) is 1.47. The molecular weight excluding hydrogens is 160 g/mol. The summed E-state index contributed by atoms with van der Waals surface area (Å²) in [5.41, 5.74) is 5.15. The van der Waals surface area contributed by atoms with Gasteiger partial charge in [0.2, 0.25) is 0 Å². The molecular formula is C3H3N2O2S2-. The highest BCUT2D eigenvalue weighted by Gasteiger charge is 1.95. The molecule has 1 aromatic heterocycles. The molecule has 50 valence electrons. The summed E-state index contributed by atoms with van der Waals surface area (Å²) in [6, 6.07) is 0. The van der Waals surface area contributed by atoms with Gasteiger partial charge in [0.05, 0.1) is 10.4 Å². The van der Waals surface area contributed by atoms with E-state index in [0.29, 0.717) is 0 Å². The lowest BCUT2D eigenvalue weighted by Gasteiger charge is -1.95. The number of thiazole rings is 1. The average molecular weight is 163 g/mol. The van der Waals surface area contributed by atoms with Crippen molar-refractivity contribution in [1.29, 1.82) is 0 Å². The van der Waals surface area contributed by atoms with Crippen LogP contribution in [0, 0.1) is 0 Å². The molecule has 2 N–H and O–H groups in total. The lowest BCUT2D eigenvalue weighted by atomic mass is 11.0. The van der Waals surface area contributed by atoms with Gasteiger partial charge < -0.3 is 10.3 Å². The fourth-order valence-electron chi connectivity index (χ4n) is 0.349. The molecule has 0 aliphatic rings. The van der Waals surface area contributed by atoms with Crippen molar-refractivity contribution in [2.24, 2.45) is 0 Å². The van der Waals surface area contributed by atoms with Crippen LogP contribution < -0.4 is 5.73 Å². The fourth-order valence-corrected chi connectivity index (χ4v) is 1.43. The Morgan fingerprint density at radius 2 is 2.56 bits per heavy atom. The lowest BCUT2D eigenvalue weighted by Crippen LogP contribution is -1.81. The van der Waals surface area contributed by atoms with Gasteiger partial charge in [-0.2, -0.15) is 0 Å². The Morgan fingerprint density at radius 3 is 2.78 bits per heavy atom. The van der Waals surface area contributed by atoms with Gasteiger partial charge in [0.1, 0.15) is 0 Å². The van der Waals surface area contributed by atoms with Gasteiger partial charge in [-0.25, -0.2) is 4.98 Å². The Morgan fingerprint density at radius 1 is 1.89 bits per heavy atom. The van der Waals surface area contributed by atoms with Crippen LogP contribution in [0.1, 0.15) is 0 Å². The van der Waals surface area contributed by atoms with Gasteiger partial charge >= 0.3 is 0 Å². The molecule has 9 heavy (non-hydrogen) atoms. The third-order valence-electron chi connectivity index (χ3n) is 0.667. The van der Waals surface area contributed by atoms with Gasteiger partial charge in [0.25, 0.3) is 0 Å². The number of aromatic nitrogens is 1. The Kier molecular flexibility index (Phi) is 1.79. The summed E-state index contributed by atoms with van der Waals surface area (Å²) in [4.78, 5) is 3.54. The van der Waals surface area contributed by atoms with Crippen molar-refractivity contribution in [3.05, 3.63) is 6.20 Å². The lowest BCUT2D eigenvalue weighted by molar-refractivity contribution is 0.539. The number of hydrogen-bond acceptors (Lipinski definition) is 5. The van der Waals surface area contributed by atoms with Crippen molar-refractivity contribution in [3.63, 3.8) is 0 Å². The fraction of sp³-hybridized carbons (Fsp3) is 0. The normalized spacial score (nSPS) is 13.4. The first-order valence-electron chi connectivity index (χ1n) is 2.00. The van der Waals surface area contributed by atoms with Gasteiger partial charge in [0.15, 0.2) is 5.13 Å². The van der Waals surface area contributed by atoms with Crippen LogP contribution in [0.4, 0.5) is 5.13 Å². The summed E-state index contributed by atoms with van der Waals surface area (Å²) >= 11 is -1.23. The highest BCUT2D eigenvalue weighted by molar-refractivity contribution is 7.81. The first-order chi connectivity index (χ1) is 4.20. The first kappa shape index (κ1) is 6.66. The van der Waals surface area contributed by atoms with E-state index in [1.807, 2.05) is 0 Å². The Balaban J connectivity index is 2.98. The quantitative estimate of drug-likeness (QED) is 0.589. The van der Waals surface area contributed by atoms with Crippen LogP contribution in [0.3, 0.4) is 0 Å². The second-order valence-corrected chi connectivity index (χ2v) is 3.48. The summed E-state index contributed by atoms with van der Waals surface area (Å²) in [6.07, 6.45) is 1.23. The maximum atomic E-state index is 10.1. The van der Waals surface area contributed by atoms with Gasteiger partial charge in [-0.15, -0.1) is 0 Å². The maximum Gasteiger partial charge on any atom is 0.181 e. The van der Waals surface area contributed by atoms with E-state index in [4.69, 9.17) is 5.73 Å². The van der Waals surface area contributed by atoms with Crippen LogP contribution in [0.25, 0.3) is 0 Å². The van der Waals surface area contributed by atoms with E-state index in [1.165, 1.54) is 6.20 Å². The zero-order valence-electron chi connectivity index (χ0n) is 4.23. The van der Waals surface area contributed by atoms with Gasteiger partial charge in [-0.1, -0.05) is 11.3 Å². The van der Waals surface area contributed by atoms with Crippen LogP contribution in [0.2, 0.25) is 0 Å². The number of anilines is 1. The number of nitrogens with zero attached hydrogens (tertiary/aromatic N) is 1. The first-order valence-corrected chi connectivity index (χ1v) is 3.90. The highest BCUT2D eigenvalue weighted by atomic mass is 32.2. The van der Waals surface area contributed by atoms with E-state index in [2.05, 4.69) is 4.98 Å². The molecule has 0 spiro atoms. The average Bonchev–Trinajstić information content (AvgIpc) is 2.14. The smallest absolute Gasteiger partial charge is 0.181 e. The molecule has 0 aliphatic carbocycles. The van der Waals surface area contributed by atoms with E-state index in [1.54, 1.807) is 0 Å². The van der Waals surface area contributed by atoms with Crippen molar-refractivity contribution in [1.82, 2.24) is 4.98 Å². The van der Waals surface area contributed by atoms with Crippen molar-refractivity contribution in [2.75, 3.05) is 5.73 Å². The molecule has 0 aliphatic heterocycles. The zero-order chi connectivity index (χ0) is 6.85. The molecule has 0 aromatic carbocycles. The monoisotopic (exact) mass is 163 g/mol. The number of hydrogen-bond donors (Lipinski definition) is 1. The molecule has 1 unspecified atom stereocenters. The Bertz CT molecular complexity index is 233. The largest absolute Gasteiger partial charge is 0.768 e. The van der Waals surface area contributed by atoms with Crippen LogP contribution in [0.15, 0.2) is 10.4 Å². The van der Waals surface area contributed by atoms with Crippen molar-refractivity contribution in [2.45, 2.75) is 4.21 Å². The molecule has 1 aromatic rings. The highest BCUT2D eigenvalue weighted by Crippen LogP contribution is 2.16. The maximum absolute atomic E-state index is 10.1. The molecule has 1 heterocycles. The summed E-state index contributed by atoms with van der Waals surface area (Å²) < 4.78 is 20.4. The second kappa shape index (κ2) is 2.42. The summed E-state index contributed by atoms with van der Waals surface area (Å²) in [7, 11) is 0. The minimum absolute atomic E-state index is 0.174. The standard InChI is InChI=1S/C3H4N2O2S2/c4-3-5-1-2(8-3)9(6)7/h1H,(H2,4,5)(H,6,7)/p-1. The molecule has 0 amide bonds. The second-order valence-electron chi connectivity index (χ2n) is 1.25. The molecule has 1 rings (SSSR count). The van der Waals surface area contributed by atoms with Crippen LogP contribution >= 0.6 is 11.3 Å². The van der Waals surface area contributed by atoms with E-state index in [0.717, 1.165) is 11.3 Å². The zero-order valence-corrected chi connectivity index (χ0v) is 5.87. The van der Waals surface area contributed by atoms with Gasteiger partial charge in [0, 0.05) is 0 Å². The molecule has 0 radical (unpaired) electrons. The third-order valence-corrected chi connectivity index (χ3v) is 2.38. The van der Waals surface area contributed by atoms with Crippen LogP contribution in [-0.2, 0) is 11.1 Å². The Hall–Kier alpha value is -0.460. The van der Waals surface area contributed by atoms with Crippen molar-refractivity contribution in [3.8, 4) is 0 Å². The molecule has 0 saturated heterocycles. The molecule has 0 fully saturated rings. The molecule has 0 bridgehead atoms. The van der Waals surface area contributed by atoms with Crippen LogP contribution in [-0.4, -0.2) is 13.7 Å². The van der Waals surface area contributed by atoms with E-state index >= 15 is 0 Å². The van der Waals surface area contributed by atoms with Crippen molar-refractivity contribution < 1.29 is 8.76 Å². The summed E-state index contributed by atoms with van der Waals surface area (Å²) in [6.45, 7) is 0. The van der Waals surface area contributed by atoms with Gasteiger partial charge in [-0.05, 0) is 11.1 Å². The molecule has 1 atom stereocenters.